The Labute approximate surface area is 211 Å². The van der Waals surface area contributed by atoms with Crippen molar-refractivity contribution in [3.63, 3.8) is 0 Å². The molecule has 4 nitrogen and oxygen atoms in total. The van der Waals surface area contributed by atoms with E-state index in [9.17, 15) is 0 Å². The Bertz CT molecular complexity index is 1340. The highest BCUT2D eigenvalue weighted by molar-refractivity contribution is 7.80. The Morgan fingerprint density at radius 2 is 1.59 bits per heavy atom. The van der Waals surface area contributed by atoms with E-state index in [0.29, 0.717) is 5.11 Å². The fraction of sp³-hybridized carbons (Fsp3) is 0.214. The Morgan fingerprint density at radius 1 is 0.882 bits per heavy atom. The first kappa shape index (κ1) is 22.6. The fourth-order valence-electron chi connectivity index (χ4n) is 5.11. The number of anilines is 1. The van der Waals surface area contributed by atoms with Crippen molar-refractivity contribution >= 4 is 34.6 Å². The molecule has 1 fully saturated rings. The third-order valence-electron chi connectivity index (χ3n) is 6.46. The first-order chi connectivity index (χ1) is 16.3. The second-order valence-electron chi connectivity index (χ2n) is 8.98. The van der Waals surface area contributed by atoms with Crippen molar-refractivity contribution in [3.8, 4) is 5.69 Å². The highest BCUT2D eigenvalue weighted by atomic mass is 35.5. The summed E-state index contributed by atoms with van der Waals surface area (Å²) in [4.78, 5) is 6.94. The minimum absolute atomic E-state index is 0.0455. The third kappa shape index (κ3) is 3.99. The molecular weight excluding hydrogens is 460 g/mol. The molecule has 2 aromatic carbocycles. The van der Waals surface area contributed by atoms with E-state index >= 15 is 0 Å². The summed E-state index contributed by atoms with van der Waals surface area (Å²) in [5.41, 5.74) is 9.13. The number of thiocarbonyl (C=S) groups is 1. The highest BCUT2D eigenvalue weighted by Gasteiger charge is 2.42. The van der Waals surface area contributed by atoms with Crippen LogP contribution in [0.5, 0.6) is 0 Å². The smallest absolute Gasteiger partial charge is 0.174 e. The van der Waals surface area contributed by atoms with E-state index in [0.717, 1.165) is 27.8 Å². The maximum Gasteiger partial charge on any atom is 0.174 e. The summed E-state index contributed by atoms with van der Waals surface area (Å²) in [5.74, 6) is 0. The Morgan fingerprint density at radius 3 is 2.24 bits per heavy atom. The molecule has 2 atom stereocenters. The lowest BCUT2D eigenvalue weighted by atomic mass is 9.96. The van der Waals surface area contributed by atoms with E-state index < -0.39 is 0 Å². The number of nitrogens with zero attached hydrogens (tertiary/aromatic N) is 3. The number of aromatic nitrogens is 2. The Hall–Kier alpha value is -3.15. The first-order valence-corrected chi connectivity index (χ1v) is 12.2. The SMILES string of the molecule is Cc1cc(C)cc(N2C(=S)N[C@H](c3ccccn3)[C@H]2c2cc(C)n(-c3ccc(Cl)cc3)c2C)c1. The lowest BCUT2D eigenvalue weighted by Gasteiger charge is -2.29. The lowest BCUT2D eigenvalue weighted by Crippen LogP contribution is -2.29. The number of hydrogen-bond acceptors (Lipinski definition) is 2. The van der Waals surface area contributed by atoms with Crippen molar-refractivity contribution in [1.29, 1.82) is 0 Å². The van der Waals surface area contributed by atoms with Crippen LogP contribution in [0.3, 0.4) is 0 Å². The van der Waals surface area contributed by atoms with E-state index in [1.54, 1.807) is 0 Å². The number of hydrogen-bond donors (Lipinski definition) is 1. The highest BCUT2D eigenvalue weighted by Crippen LogP contribution is 2.44. The first-order valence-electron chi connectivity index (χ1n) is 11.4. The number of halogens is 1. The summed E-state index contributed by atoms with van der Waals surface area (Å²) < 4.78 is 2.28. The van der Waals surface area contributed by atoms with Gasteiger partial charge in [-0.05, 0) is 111 Å². The Kier molecular flexibility index (Phi) is 5.92. The van der Waals surface area contributed by atoms with Crippen LogP contribution in [-0.4, -0.2) is 14.7 Å². The van der Waals surface area contributed by atoms with Crippen molar-refractivity contribution in [3.05, 3.63) is 112 Å². The van der Waals surface area contributed by atoms with Gasteiger partial charge in [-0.3, -0.25) is 4.98 Å². The average molecular weight is 487 g/mol. The number of pyridine rings is 1. The molecule has 0 bridgehead atoms. The van der Waals surface area contributed by atoms with Gasteiger partial charge in [-0.25, -0.2) is 0 Å². The van der Waals surface area contributed by atoms with Crippen molar-refractivity contribution < 1.29 is 0 Å². The van der Waals surface area contributed by atoms with Gasteiger partial charge >= 0.3 is 0 Å². The van der Waals surface area contributed by atoms with Gasteiger partial charge in [0.1, 0.15) is 0 Å². The normalized spacial score (nSPS) is 17.8. The van der Waals surface area contributed by atoms with Crippen LogP contribution in [0.2, 0.25) is 5.02 Å². The molecular formula is C28H27ClN4S. The molecule has 6 heteroatoms. The maximum atomic E-state index is 6.16. The predicted octanol–water partition coefficient (Wildman–Crippen LogP) is 6.94. The molecule has 0 saturated carbocycles. The zero-order valence-corrected chi connectivity index (χ0v) is 21.3. The minimum atomic E-state index is -0.0753. The van der Waals surface area contributed by atoms with Gasteiger partial charge in [0.05, 0.1) is 17.8 Å². The van der Waals surface area contributed by atoms with Crippen molar-refractivity contribution in [1.82, 2.24) is 14.9 Å². The van der Waals surface area contributed by atoms with E-state index in [1.165, 1.54) is 22.4 Å². The van der Waals surface area contributed by atoms with E-state index in [4.69, 9.17) is 28.8 Å². The molecule has 3 heterocycles. The van der Waals surface area contributed by atoms with Gasteiger partial charge in [-0.1, -0.05) is 23.7 Å². The summed E-state index contributed by atoms with van der Waals surface area (Å²) in [6, 6.07) is 22.8. The zero-order chi connectivity index (χ0) is 24.0. The molecule has 1 aliphatic rings. The van der Waals surface area contributed by atoms with E-state index in [-0.39, 0.29) is 12.1 Å². The molecule has 34 heavy (non-hydrogen) atoms. The summed E-state index contributed by atoms with van der Waals surface area (Å²) >= 11 is 12.1. The quantitative estimate of drug-likeness (QED) is 0.317. The van der Waals surface area contributed by atoms with Crippen LogP contribution in [0.25, 0.3) is 5.69 Å². The zero-order valence-electron chi connectivity index (χ0n) is 19.7. The summed E-state index contributed by atoms with van der Waals surface area (Å²) in [5, 5.41) is 5.02. The van der Waals surface area contributed by atoms with Crippen LogP contribution in [0.1, 0.15) is 45.9 Å². The molecule has 2 aromatic heterocycles. The van der Waals surface area contributed by atoms with Crippen LogP contribution in [0.15, 0.2) is 72.9 Å². The van der Waals surface area contributed by atoms with Crippen LogP contribution in [-0.2, 0) is 0 Å². The van der Waals surface area contributed by atoms with Crippen LogP contribution < -0.4 is 10.2 Å². The molecule has 0 radical (unpaired) electrons. The largest absolute Gasteiger partial charge is 0.351 e. The van der Waals surface area contributed by atoms with Gasteiger partial charge in [0.15, 0.2) is 5.11 Å². The number of rotatable bonds is 4. The topological polar surface area (TPSA) is 33.1 Å². The van der Waals surface area contributed by atoms with Crippen LogP contribution in [0.4, 0.5) is 5.69 Å². The van der Waals surface area contributed by atoms with Crippen LogP contribution >= 0.6 is 23.8 Å². The number of nitrogens with one attached hydrogen (secondary N) is 1. The minimum Gasteiger partial charge on any atom is -0.351 e. The van der Waals surface area contributed by atoms with Gasteiger partial charge in [0.25, 0.3) is 0 Å². The lowest BCUT2D eigenvalue weighted by molar-refractivity contribution is 0.565. The third-order valence-corrected chi connectivity index (χ3v) is 7.02. The monoisotopic (exact) mass is 486 g/mol. The molecule has 0 aliphatic carbocycles. The van der Waals surface area contributed by atoms with E-state index in [1.807, 2.05) is 30.5 Å². The predicted molar refractivity (Wildman–Crippen MR) is 144 cm³/mol. The van der Waals surface area contributed by atoms with Gasteiger partial charge < -0.3 is 14.8 Å². The molecule has 1 N–H and O–H groups in total. The van der Waals surface area contributed by atoms with Gasteiger partial charge in [-0.2, -0.15) is 0 Å². The van der Waals surface area contributed by atoms with Crippen molar-refractivity contribution in [2.75, 3.05) is 4.90 Å². The summed E-state index contributed by atoms with van der Waals surface area (Å²) in [6.07, 6.45) is 1.84. The van der Waals surface area contributed by atoms with E-state index in [2.05, 4.69) is 84.9 Å². The summed E-state index contributed by atoms with van der Waals surface area (Å²) in [7, 11) is 0. The van der Waals surface area contributed by atoms with Crippen molar-refractivity contribution in [2.45, 2.75) is 39.8 Å². The molecule has 0 spiro atoms. The van der Waals surface area contributed by atoms with Gasteiger partial charge in [0.2, 0.25) is 0 Å². The molecule has 1 saturated heterocycles. The summed E-state index contributed by atoms with van der Waals surface area (Å²) in [6.45, 7) is 8.57. The van der Waals surface area contributed by atoms with Gasteiger partial charge in [-0.15, -0.1) is 0 Å². The molecule has 4 aromatic rings. The van der Waals surface area contributed by atoms with Crippen LogP contribution in [0, 0.1) is 27.7 Å². The molecule has 5 rings (SSSR count). The average Bonchev–Trinajstić information content (AvgIpc) is 3.30. The second-order valence-corrected chi connectivity index (χ2v) is 9.80. The number of benzene rings is 2. The molecule has 0 unspecified atom stereocenters. The van der Waals surface area contributed by atoms with Crippen molar-refractivity contribution in [2.24, 2.45) is 0 Å². The molecule has 172 valence electrons. The molecule has 0 amide bonds. The Balaban J connectivity index is 1.69. The molecule has 1 aliphatic heterocycles. The number of aryl methyl sites for hydroxylation is 3. The second kappa shape index (κ2) is 8.90. The maximum absolute atomic E-state index is 6.16. The van der Waals surface area contributed by atoms with Gasteiger partial charge in [0, 0.05) is 34.0 Å². The standard InChI is InChI=1S/C28H27ClN4S/c1-17-13-18(2)15-23(14-17)33-27(26(31-28(33)34)25-7-5-6-12-30-25)24-16-19(3)32(20(24)4)22-10-8-21(29)9-11-22/h5-16,26-27H,1-4H3,(H,31,34)/t26-,27-/m1/s1. The fourth-order valence-corrected chi connectivity index (χ4v) is 5.59.